The molecule has 0 bridgehead atoms. The normalized spacial score (nSPS) is 18.1. The van der Waals surface area contributed by atoms with Gasteiger partial charge in [0.25, 0.3) is 5.91 Å². The number of thioether (sulfide) groups is 1. The second kappa shape index (κ2) is 9.51. The molecular weight excluding hydrogens is 432 g/mol. The Labute approximate surface area is 199 Å². The Bertz CT molecular complexity index is 1120. The molecule has 2 atom stereocenters. The summed E-state index contributed by atoms with van der Waals surface area (Å²) in [6, 6.07) is 15.2. The van der Waals surface area contributed by atoms with Crippen LogP contribution in [0.2, 0.25) is 0 Å². The maximum atomic E-state index is 13.2. The van der Waals surface area contributed by atoms with E-state index in [0.717, 1.165) is 16.9 Å². The fourth-order valence-electron chi connectivity index (χ4n) is 3.91. The molecule has 2 aliphatic rings. The number of carbonyl (C=O) groups excluding carboxylic acids is 2. The molecule has 0 aromatic heterocycles. The Morgan fingerprint density at radius 3 is 2.42 bits per heavy atom. The number of anilines is 1. The third-order valence-corrected chi connectivity index (χ3v) is 7.20. The molecule has 1 N–H and O–H groups in total. The van der Waals surface area contributed by atoms with Gasteiger partial charge >= 0.3 is 0 Å². The summed E-state index contributed by atoms with van der Waals surface area (Å²) in [6.07, 6.45) is 0.601. The van der Waals surface area contributed by atoms with Crippen molar-refractivity contribution >= 4 is 46.0 Å². The number of amidine groups is 2. The Morgan fingerprint density at radius 2 is 1.79 bits per heavy atom. The third-order valence-electron chi connectivity index (χ3n) is 5.89. The summed E-state index contributed by atoms with van der Waals surface area (Å²) < 4.78 is 0. The lowest BCUT2D eigenvalue weighted by atomic mass is 10.0. The molecule has 0 saturated heterocycles. The molecule has 2 aliphatic heterocycles. The van der Waals surface area contributed by atoms with Crippen LogP contribution in [0, 0.1) is 5.92 Å². The highest BCUT2D eigenvalue weighted by Gasteiger charge is 2.43. The van der Waals surface area contributed by atoms with Crippen molar-refractivity contribution in [1.29, 1.82) is 0 Å². The van der Waals surface area contributed by atoms with E-state index in [-0.39, 0.29) is 17.7 Å². The molecule has 172 valence electrons. The molecule has 7 heteroatoms. The van der Waals surface area contributed by atoms with Crippen molar-refractivity contribution in [2.24, 2.45) is 15.9 Å². The topological polar surface area (TPSA) is 74.1 Å². The Kier molecular flexibility index (Phi) is 6.70. The number of amides is 2. The van der Waals surface area contributed by atoms with E-state index in [1.807, 2.05) is 69.3 Å². The molecule has 0 spiro atoms. The second-order valence-corrected chi connectivity index (χ2v) is 10.2. The summed E-state index contributed by atoms with van der Waals surface area (Å²) in [5.74, 6) is 0.955. The first-order valence-electron chi connectivity index (χ1n) is 11.5. The smallest absolute Gasteiger partial charge is 0.259 e. The largest absolute Gasteiger partial charge is 0.325 e. The number of rotatable bonds is 6. The lowest BCUT2D eigenvalue weighted by molar-refractivity contribution is -0.125. The summed E-state index contributed by atoms with van der Waals surface area (Å²) in [6.45, 7) is 10.2. The first-order chi connectivity index (χ1) is 15.8. The van der Waals surface area contributed by atoms with Crippen LogP contribution in [-0.4, -0.2) is 39.0 Å². The first kappa shape index (κ1) is 23.2. The third kappa shape index (κ3) is 4.60. The number of para-hydroxylation sites is 1. The van der Waals surface area contributed by atoms with Crippen molar-refractivity contribution in [3.8, 4) is 0 Å². The Morgan fingerprint density at radius 1 is 1.09 bits per heavy atom. The highest BCUT2D eigenvalue weighted by molar-refractivity contribution is 8.15. The van der Waals surface area contributed by atoms with E-state index < -0.39 is 11.3 Å². The van der Waals surface area contributed by atoms with Crippen LogP contribution in [0.1, 0.15) is 58.1 Å². The summed E-state index contributed by atoms with van der Waals surface area (Å²) >= 11 is 1.32. The Balaban J connectivity index is 1.58. The molecule has 0 unspecified atom stereocenters. The van der Waals surface area contributed by atoms with E-state index in [1.165, 1.54) is 17.3 Å². The lowest BCUT2D eigenvalue weighted by Crippen LogP contribution is -2.43. The van der Waals surface area contributed by atoms with Gasteiger partial charge in [-0.1, -0.05) is 70.6 Å². The molecule has 0 saturated carbocycles. The van der Waals surface area contributed by atoms with Crippen LogP contribution in [0.25, 0.3) is 0 Å². The van der Waals surface area contributed by atoms with E-state index in [4.69, 9.17) is 9.98 Å². The second-order valence-electron chi connectivity index (χ2n) is 9.01. The van der Waals surface area contributed by atoms with Gasteiger partial charge in [0.2, 0.25) is 5.91 Å². The minimum atomic E-state index is -0.440. The van der Waals surface area contributed by atoms with E-state index in [2.05, 4.69) is 19.2 Å². The van der Waals surface area contributed by atoms with E-state index >= 15 is 0 Å². The number of fused-ring (bicyclic) bond motifs is 3. The lowest BCUT2D eigenvalue weighted by Gasteiger charge is -2.27. The summed E-state index contributed by atoms with van der Waals surface area (Å²) in [4.78, 5) is 37.5. The highest BCUT2D eigenvalue weighted by atomic mass is 32.2. The monoisotopic (exact) mass is 462 g/mol. The van der Waals surface area contributed by atoms with Crippen LogP contribution in [0.15, 0.2) is 58.5 Å². The average molecular weight is 463 g/mol. The molecule has 0 fully saturated rings. The van der Waals surface area contributed by atoms with Crippen molar-refractivity contribution in [3.63, 3.8) is 0 Å². The fraction of sp³-hybridized carbons (Fsp3) is 0.385. The van der Waals surface area contributed by atoms with Gasteiger partial charge in [0, 0.05) is 11.3 Å². The van der Waals surface area contributed by atoms with Gasteiger partial charge in [-0.3, -0.25) is 14.6 Å². The van der Waals surface area contributed by atoms with Gasteiger partial charge in [-0.25, -0.2) is 9.89 Å². The fourth-order valence-corrected chi connectivity index (χ4v) is 4.93. The SMILES string of the molecule is CC[C@@H](SC1=Nc2ccccc2C2=N[C@@H](C(C)C)C(=O)N12)C(=O)Nc1ccc(C(C)C)cc1. The molecule has 2 heterocycles. The number of aliphatic imine (C=N–C) groups is 2. The number of hydrogen-bond donors (Lipinski definition) is 1. The molecule has 2 aromatic rings. The molecular formula is C26H30N4O2S. The van der Waals surface area contributed by atoms with E-state index in [1.54, 1.807) is 4.90 Å². The van der Waals surface area contributed by atoms with Crippen molar-refractivity contribution in [2.75, 3.05) is 5.32 Å². The summed E-state index contributed by atoms with van der Waals surface area (Å²) in [5, 5.41) is 3.13. The number of benzene rings is 2. The quantitative estimate of drug-likeness (QED) is 0.609. The van der Waals surface area contributed by atoms with Crippen LogP contribution in [0.3, 0.4) is 0 Å². The maximum Gasteiger partial charge on any atom is 0.259 e. The first-order valence-corrected chi connectivity index (χ1v) is 12.4. The van der Waals surface area contributed by atoms with Gasteiger partial charge < -0.3 is 5.32 Å². The van der Waals surface area contributed by atoms with Gasteiger partial charge in [0.1, 0.15) is 11.9 Å². The molecule has 2 aromatic carbocycles. The number of nitrogens with one attached hydrogen (secondary N) is 1. The maximum absolute atomic E-state index is 13.2. The van der Waals surface area contributed by atoms with Crippen LogP contribution in [0.4, 0.5) is 11.4 Å². The number of carbonyl (C=O) groups is 2. The van der Waals surface area contributed by atoms with Crippen molar-refractivity contribution in [3.05, 3.63) is 59.7 Å². The van der Waals surface area contributed by atoms with Crippen LogP contribution in [0.5, 0.6) is 0 Å². The summed E-state index contributed by atoms with van der Waals surface area (Å²) in [7, 11) is 0. The van der Waals surface area contributed by atoms with Gasteiger partial charge in [-0.05, 0) is 48.1 Å². The van der Waals surface area contributed by atoms with Crippen LogP contribution < -0.4 is 5.32 Å². The van der Waals surface area contributed by atoms with Crippen molar-refractivity contribution < 1.29 is 9.59 Å². The highest BCUT2D eigenvalue weighted by Crippen LogP contribution is 2.36. The number of nitrogens with zero attached hydrogens (tertiary/aromatic N) is 3. The van der Waals surface area contributed by atoms with Crippen LogP contribution >= 0.6 is 11.8 Å². The predicted octanol–water partition coefficient (Wildman–Crippen LogP) is 5.58. The van der Waals surface area contributed by atoms with Crippen molar-refractivity contribution in [2.45, 2.75) is 58.2 Å². The van der Waals surface area contributed by atoms with Gasteiger partial charge in [-0.2, -0.15) is 0 Å². The molecule has 33 heavy (non-hydrogen) atoms. The minimum Gasteiger partial charge on any atom is -0.325 e. The zero-order chi connectivity index (χ0) is 23.7. The molecule has 2 amide bonds. The molecule has 6 nitrogen and oxygen atoms in total. The van der Waals surface area contributed by atoms with E-state index in [0.29, 0.717) is 23.3 Å². The molecule has 0 radical (unpaired) electrons. The van der Waals surface area contributed by atoms with Crippen molar-refractivity contribution in [1.82, 2.24) is 4.90 Å². The van der Waals surface area contributed by atoms with E-state index in [9.17, 15) is 9.59 Å². The number of hydrogen-bond acceptors (Lipinski definition) is 5. The zero-order valence-electron chi connectivity index (χ0n) is 19.7. The standard InChI is InChI=1S/C26H30N4O2S/c1-6-21(24(31)27-18-13-11-17(12-14-18)15(2)3)33-26-28-20-10-8-7-9-19(20)23-29-22(16(4)5)25(32)30(23)26/h7-16,21-22H,6H2,1-5H3,(H,27,31)/t21-,22+/m1/s1. The Hall–Kier alpha value is -2.93. The molecule has 0 aliphatic carbocycles. The van der Waals surface area contributed by atoms with Crippen LogP contribution in [-0.2, 0) is 9.59 Å². The van der Waals surface area contributed by atoms with Gasteiger partial charge in [0.05, 0.1) is 10.9 Å². The summed E-state index contributed by atoms with van der Waals surface area (Å²) in [5.41, 5.74) is 3.61. The van der Waals surface area contributed by atoms with Gasteiger partial charge in [0.15, 0.2) is 5.17 Å². The predicted molar refractivity (Wildman–Crippen MR) is 136 cm³/mol. The molecule has 4 rings (SSSR count). The zero-order valence-corrected chi connectivity index (χ0v) is 20.5. The minimum absolute atomic E-state index is 0.0769. The van der Waals surface area contributed by atoms with Gasteiger partial charge in [-0.15, -0.1) is 0 Å². The average Bonchev–Trinajstić information content (AvgIpc) is 3.15.